The lowest BCUT2D eigenvalue weighted by Crippen LogP contribution is -2.30. The van der Waals surface area contributed by atoms with Gasteiger partial charge in [-0.15, -0.1) is 0 Å². The van der Waals surface area contributed by atoms with Gasteiger partial charge in [-0.25, -0.2) is 0 Å². The van der Waals surface area contributed by atoms with Crippen molar-refractivity contribution in [1.29, 1.82) is 0 Å². The Hall–Kier alpha value is -1.83. The van der Waals surface area contributed by atoms with Crippen molar-refractivity contribution in [2.45, 2.75) is 32.9 Å². The summed E-state index contributed by atoms with van der Waals surface area (Å²) in [6, 6.07) is 4.65. The van der Waals surface area contributed by atoms with E-state index in [-0.39, 0.29) is 17.8 Å². The van der Waals surface area contributed by atoms with Gasteiger partial charge in [-0.05, 0) is 32.0 Å². The van der Waals surface area contributed by atoms with E-state index in [9.17, 15) is 14.4 Å². The fraction of sp³-hybridized carbons (Fsp3) is 0.312. The van der Waals surface area contributed by atoms with E-state index in [0.717, 1.165) is 17.0 Å². The fourth-order valence-corrected chi connectivity index (χ4v) is 3.11. The predicted octanol–water partition coefficient (Wildman–Crippen LogP) is 3.49. The molecule has 1 heterocycles. The second kappa shape index (κ2) is 8.51. The summed E-state index contributed by atoms with van der Waals surface area (Å²) in [4.78, 5) is 35.5. The van der Waals surface area contributed by atoms with E-state index in [1.807, 2.05) is 0 Å². The third kappa shape index (κ3) is 5.32. The average molecular weight is 403 g/mol. The molecule has 1 atom stereocenters. The number of hydrogen-bond donors (Lipinski definition) is 1. The molecule has 1 N–H and O–H groups in total. The second-order valence-corrected chi connectivity index (χ2v) is 6.95. The molecule has 1 aromatic heterocycles. The first-order valence-corrected chi connectivity index (χ1v) is 9.02. The number of aryl methyl sites for hydroxylation is 1. The van der Waals surface area contributed by atoms with E-state index in [2.05, 4.69) is 5.32 Å². The molecule has 0 saturated heterocycles. The minimum atomic E-state index is -1.01. The van der Waals surface area contributed by atoms with Gasteiger partial charge >= 0.3 is 10.8 Å². The van der Waals surface area contributed by atoms with Crippen molar-refractivity contribution in [3.05, 3.63) is 49.0 Å². The third-order valence-electron chi connectivity index (χ3n) is 3.38. The molecule has 1 amide bonds. The number of nitrogens with zero attached hydrogens (tertiary/aromatic N) is 1. The summed E-state index contributed by atoms with van der Waals surface area (Å²) in [6.07, 6.45) is -1.02. The van der Waals surface area contributed by atoms with Crippen molar-refractivity contribution in [2.75, 3.05) is 5.32 Å². The monoisotopic (exact) mass is 402 g/mol. The highest BCUT2D eigenvalue weighted by Gasteiger charge is 2.19. The zero-order chi connectivity index (χ0) is 18.6. The summed E-state index contributed by atoms with van der Waals surface area (Å²) in [5.74, 6) is -1.10. The number of benzene rings is 1. The lowest BCUT2D eigenvalue weighted by molar-refractivity contribution is -0.153. The van der Waals surface area contributed by atoms with Crippen molar-refractivity contribution in [3.8, 4) is 0 Å². The van der Waals surface area contributed by atoms with Crippen LogP contribution in [0.15, 0.2) is 28.4 Å². The minimum Gasteiger partial charge on any atom is -0.452 e. The highest BCUT2D eigenvalue weighted by Crippen LogP contribution is 2.25. The predicted molar refractivity (Wildman–Crippen MR) is 98.6 cm³/mol. The van der Waals surface area contributed by atoms with Gasteiger partial charge in [-0.2, -0.15) is 0 Å². The van der Waals surface area contributed by atoms with Crippen molar-refractivity contribution in [2.24, 2.45) is 0 Å². The molecular weight excluding hydrogens is 387 g/mol. The van der Waals surface area contributed by atoms with Gasteiger partial charge in [0.2, 0.25) is 0 Å². The number of rotatable bonds is 6. The summed E-state index contributed by atoms with van der Waals surface area (Å²) >= 11 is 12.9. The molecule has 2 rings (SSSR count). The summed E-state index contributed by atoms with van der Waals surface area (Å²) in [5.41, 5.74) is 1.12. The van der Waals surface area contributed by atoms with E-state index < -0.39 is 18.0 Å². The van der Waals surface area contributed by atoms with Crippen LogP contribution in [0, 0.1) is 6.92 Å². The molecule has 25 heavy (non-hydrogen) atoms. The molecule has 0 aliphatic rings. The quantitative estimate of drug-likeness (QED) is 0.750. The van der Waals surface area contributed by atoms with E-state index in [1.54, 1.807) is 24.4 Å². The molecule has 9 heteroatoms. The average Bonchev–Trinajstić information content (AvgIpc) is 2.87. The number of halogens is 2. The first kappa shape index (κ1) is 19.5. The summed E-state index contributed by atoms with van der Waals surface area (Å²) in [6.45, 7) is 3.45. The Kier molecular flexibility index (Phi) is 6.64. The molecule has 6 nitrogen and oxygen atoms in total. The van der Waals surface area contributed by atoms with Gasteiger partial charge < -0.3 is 14.6 Å². The molecule has 0 radical (unpaired) electrons. The number of carbonyl (C=O) groups is 2. The zero-order valence-corrected chi connectivity index (χ0v) is 15.9. The van der Waals surface area contributed by atoms with Gasteiger partial charge in [0.1, 0.15) is 0 Å². The Morgan fingerprint density at radius 1 is 1.36 bits per heavy atom. The highest BCUT2D eigenvalue weighted by molar-refractivity contribution is 7.07. The number of amides is 1. The van der Waals surface area contributed by atoms with Crippen LogP contribution in [0.4, 0.5) is 5.69 Å². The maximum absolute atomic E-state index is 12.1. The Labute approximate surface area is 158 Å². The lowest BCUT2D eigenvalue weighted by Gasteiger charge is -2.14. The Bertz CT molecular complexity index is 847. The van der Waals surface area contributed by atoms with Gasteiger partial charge in [0, 0.05) is 22.6 Å². The van der Waals surface area contributed by atoms with Crippen LogP contribution in [0.3, 0.4) is 0 Å². The highest BCUT2D eigenvalue weighted by atomic mass is 35.5. The van der Waals surface area contributed by atoms with E-state index in [1.165, 1.54) is 17.6 Å². The number of thiazole rings is 1. The first-order valence-electron chi connectivity index (χ1n) is 7.38. The van der Waals surface area contributed by atoms with Crippen LogP contribution in [0.1, 0.15) is 19.0 Å². The smallest absolute Gasteiger partial charge is 0.308 e. The second-order valence-electron chi connectivity index (χ2n) is 5.29. The van der Waals surface area contributed by atoms with Crippen molar-refractivity contribution < 1.29 is 14.3 Å². The fourth-order valence-electron chi connectivity index (χ4n) is 2.01. The molecule has 1 unspecified atom stereocenters. The molecule has 0 bridgehead atoms. The van der Waals surface area contributed by atoms with Crippen molar-refractivity contribution in [3.63, 3.8) is 0 Å². The van der Waals surface area contributed by atoms with Gasteiger partial charge in [0.05, 0.1) is 17.1 Å². The van der Waals surface area contributed by atoms with Crippen LogP contribution < -0.4 is 10.2 Å². The molecular formula is C16H16Cl2N2O4S. The number of carbonyl (C=O) groups excluding carboxylic acids is 2. The molecule has 1 aromatic carbocycles. The molecule has 0 aliphatic carbocycles. The number of nitrogens with one attached hydrogen (secondary N) is 1. The number of ether oxygens (including phenoxy) is 1. The van der Waals surface area contributed by atoms with Gasteiger partial charge in [0.25, 0.3) is 5.91 Å². The van der Waals surface area contributed by atoms with Crippen LogP contribution in [0.2, 0.25) is 10.0 Å². The normalized spacial score (nSPS) is 11.8. The molecule has 2 aromatic rings. The third-order valence-corrected chi connectivity index (χ3v) is 4.83. The number of aromatic nitrogens is 1. The van der Waals surface area contributed by atoms with Gasteiger partial charge in [-0.1, -0.05) is 34.5 Å². The number of hydrogen-bond acceptors (Lipinski definition) is 5. The van der Waals surface area contributed by atoms with Crippen LogP contribution in [-0.4, -0.2) is 22.5 Å². The lowest BCUT2D eigenvalue weighted by atomic mass is 10.3. The Balaban J connectivity index is 1.89. The minimum absolute atomic E-state index is 0.00692. The molecule has 134 valence electrons. The zero-order valence-electron chi connectivity index (χ0n) is 13.5. The van der Waals surface area contributed by atoms with Gasteiger partial charge in [-0.3, -0.25) is 14.4 Å². The van der Waals surface area contributed by atoms with Crippen LogP contribution in [0.5, 0.6) is 0 Å². The Morgan fingerprint density at radius 2 is 2.08 bits per heavy atom. The largest absolute Gasteiger partial charge is 0.452 e. The molecule has 0 saturated carbocycles. The standard InChI is InChI=1S/C16H16Cl2N2O4S/c1-9-8-25-16(23)20(9)6-5-14(21)24-10(2)15(22)19-13-7-11(17)3-4-12(13)18/h3-4,7-8,10H,5-6H2,1-2H3,(H,19,22). The van der Waals surface area contributed by atoms with E-state index >= 15 is 0 Å². The van der Waals surface area contributed by atoms with Crippen LogP contribution >= 0.6 is 34.5 Å². The Morgan fingerprint density at radius 3 is 2.72 bits per heavy atom. The van der Waals surface area contributed by atoms with Crippen molar-refractivity contribution in [1.82, 2.24) is 4.57 Å². The maximum Gasteiger partial charge on any atom is 0.308 e. The number of esters is 1. The summed E-state index contributed by atoms with van der Waals surface area (Å²) in [5, 5.41) is 5.02. The van der Waals surface area contributed by atoms with Gasteiger partial charge in [0.15, 0.2) is 6.10 Å². The number of anilines is 1. The maximum atomic E-state index is 12.1. The molecule has 0 fully saturated rings. The molecule has 0 spiro atoms. The van der Waals surface area contributed by atoms with E-state index in [4.69, 9.17) is 27.9 Å². The van der Waals surface area contributed by atoms with Crippen LogP contribution in [-0.2, 0) is 20.9 Å². The first-order chi connectivity index (χ1) is 11.8. The SMILES string of the molecule is Cc1csc(=O)n1CCC(=O)OC(C)C(=O)Nc1cc(Cl)ccc1Cl. The van der Waals surface area contributed by atoms with E-state index in [0.29, 0.717) is 15.7 Å². The summed E-state index contributed by atoms with van der Waals surface area (Å²) in [7, 11) is 0. The topological polar surface area (TPSA) is 77.4 Å². The van der Waals surface area contributed by atoms with Crippen LogP contribution in [0.25, 0.3) is 0 Å². The van der Waals surface area contributed by atoms with Crippen molar-refractivity contribution >= 4 is 52.1 Å². The molecule has 0 aliphatic heterocycles. The summed E-state index contributed by atoms with van der Waals surface area (Å²) < 4.78 is 6.58.